The highest BCUT2D eigenvalue weighted by molar-refractivity contribution is 6.05. The number of nitrogens with zero attached hydrogens (tertiary/aromatic N) is 1. The van der Waals surface area contributed by atoms with Gasteiger partial charge in [0.25, 0.3) is 0 Å². The number of ether oxygens (including phenoxy) is 1. The lowest BCUT2D eigenvalue weighted by Gasteiger charge is -2.11. The number of aromatic nitrogens is 1. The van der Waals surface area contributed by atoms with Gasteiger partial charge in [0, 0.05) is 10.9 Å². The molecule has 0 aliphatic rings. The Balaban J connectivity index is 2.15. The molecule has 0 saturated carbocycles. The number of benzene rings is 2. The molecule has 0 amide bonds. The Bertz CT molecular complexity index is 976. The van der Waals surface area contributed by atoms with E-state index in [1.54, 1.807) is 6.07 Å². The zero-order valence-electron chi connectivity index (χ0n) is 14.5. The van der Waals surface area contributed by atoms with Gasteiger partial charge in [-0.05, 0) is 38.5 Å². The first-order chi connectivity index (χ1) is 12.0. The van der Waals surface area contributed by atoms with Gasteiger partial charge in [0.2, 0.25) is 0 Å². The molecule has 126 valence electrons. The number of aryl methyl sites for hydroxylation is 2. The molecule has 1 aromatic heterocycles. The third-order valence-electron chi connectivity index (χ3n) is 4.00. The van der Waals surface area contributed by atoms with Crippen LogP contribution in [0.3, 0.4) is 0 Å². The van der Waals surface area contributed by atoms with Crippen LogP contribution in [0, 0.1) is 13.8 Å². The van der Waals surface area contributed by atoms with E-state index in [4.69, 9.17) is 9.72 Å². The van der Waals surface area contributed by atoms with Crippen LogP contribution in [0.4, 0.5) is 0 Å². The number of ketones is 1. The Kier molecular flexibility index (Phi) is 4.61. The Morgan fingerprint density at radius 3 is 2.52 bits per heavy atom. The zero-order chi connectivity index (χ0) is 18.0. The minimum atomic E-state index is -0.514. The van der Waals surface area contributed by atoms with E-state index in [1.807, 2.05) is 50.2 Å². The number of carbonyl (C=O) groups is 2. The lowest BCUT2D eigenvalue weighted by molar-refractivity contribution is -0.120. The number of pyridine rings is 1. The smallest absolute Gasteiger partial charge is 0.339 e. The maximum absolute atomic E-state index is 12.5. The van der Waals surface area contributed by atoms with E-state index in [1.165, 1.54) is 12.5 Å². The average Bonchev–Trinajstić information content (AvgIpc) is 2.58. The molecule has 3 rings (SSSR count). The number of para-hydroxylation sites is 1. The zero-order valence-corrected chi connectivity index (χ0v) is 14.5. The Morgan fingerprint density at radius 1 is 1.04 bits per heavy atom. The predicted molar refractivity (Wildman–Crippen MR) is 97.6 cm³/mol. The van der Waals surface area contributed by atoms with E-state index in [9.17, 15) is 9.59 Å². The van der Waals surface area contributed by atoms with E-state index < -0.39 is 5.97 Å². The van der Waals surface area contributed by atoms with Crippen molar-refractivity contribution in [1.82, 2.24) is 4.98 Å². The Hall–Kier alpha value is -3.01. The second-order valence-electron chi connectivity index (χ2n) is 6.17. The van der Waals surface area contributed by atoms with Gasteiger partial charge in [0.1, 0.15) is 6.61 Å². The first-order valence-corrected chi connectivity index (χ1v) is 8.09. The monoisotopic (exact) mass is 333 g/mol. The fourth-order valence-electron chi connectivity index (χ4n) is 2.83. The Labute approximate surface area is 146 Å². The lowest BCUT2D eigenvalue weighted by Crippen LogP contribution is -2.12. The molecule has 4 nitrogen and oxygen atoms in total. The molecule has 25 heavy (non-hydrogen) atoms. The van der Waals surface area contributed by atoms with Crippen LogP contribution < -0.4 is 0 Å². The van der Waals surface area contributed by atoms with Gasteiger partial charge in [-0.3, -0.25) is 4.79 Å². The van der Waals surface area contributed by atoms with Crippen molar-refractivity contribution in [2.75, 3.05) is 6.61 Å². The summed E-state index contributed by atoms with van der Waals surface area (Å²) >= 11 is 0. The standard InChI is InChI=1S/C21H19NO3/c1-13-8-9-16(14(2)10-13)20-11-18(21(24)25-12-15(3)23)17-6-4-5-7-19(17)22-20/h4-11H,12H2,1-3H3. The number of esters is 1. The van der Waals surface area contributed by atoms with Gasteiger partial charge < -0.3 is 4.74 Å². The summed E-state index contributed by atoms with van der Waals surface area (Å²) in [5.74, 6) is -0.707. The van der Waals surface area contributed by atoms with Crippen molar-refractivity contribution in [3.05, 3.63) is 65.2 Å². The highest BCUT2D eigenvalue weighted by atomic mass is 16.5. The third-order valence-corrected chi connectivity index (χ3v) is 4.00. The van der Waals surface area contributed by atoms with Crippen LogP contribution in [0.5, 0.6) is 0 Å². The second kappa shape index (κ2) is 6.85. The molecule has 1 heterocycles. The van der Waals surface area contributed by atoms with Gasteiger partial charge in [0.05, 0.1) is 16.8 Å². The normalized spacial score (nSPS) is 10.7. The van der Waals surface area contributed by atoms with E-state index in [-0.39, 0.29) is 12.4 Å². The van der Waals surface area contributed by atoms with Crippen LogP contribution in [0.15, 0.2) is 48.5 Å². The van der Waals surface area contributed by atoms with Gasteiger partial charge in [-0.1, -0.05) is 42.0 Å². The van der Waals surface area contributed by atoms with Crippen LogP contribution in [-0.4, -0.2) is 23.3 Å². The van der Waals surface area contributed by atoms with Crippen LogP contribution >= 0.6 is 0 Å². The molecule has 4 heteroatoms. The van der Waals surface area contributed by atoms with Crippen molar-refractivity contribution in [1.29, 1.82) is 0 Å². The number of hydrogen-bond acceptors (Lipinski definition) is 4. The fourth-order valence-corrected chi connectivity index (χ4v) is 2.83. The van der Waals surface area contributed by atoms with Crippen LogP contribution in [-0.2, 0) is 9.53 Å². The van der Waals surface area contributed by atoms with Crippen molar-refractivity contribution in [2.45, 2.75) is 20.8 Å². The Morgan fingerprint density at radius 2 is 1.80 bits per heavy atom. The SMILES string of the molecule is CC(=O)COC(=O)c1cc(-c2ccc(C)cc2C)nc2ccccc12. The molecule has 0 bridgehead atoms. The van der Waals surface area contributed by atoms with Gasteiger partial charge in [-0.15, -0.1) is 0 Å². The second-order valence-corrected chi connectivity index (χ2v) is 6.17. The molecule has 0 unspecified atom stereocenters. The molecule has 2 aromatic carbocycles. The van der Waals surface area contributed by atoms with E-state index in [0.717, 1.165) is 16.6 Å². The first-order valence-electron chi connectivity index (χ1n) is 8.09. The predicted octanol–water partition coefficient (Wildman–Crippen LogP) is 4.26. The van der Waals surface area contributed by atoms with Crippen molar-refractivity contribution in [3.63, 3.8) is 0 Å². The summed E-state index contributed by atoms with van der Waals surface area (Å²) in [5, 5.41) is 0.713. The summed E-state index contributed by atoms with van der Waals surface area (Å²) in [5.41, 5.74) is 5.08. The van der Waals surface area contributed by atoms with Crippen molar-refractivity contribution in [3.8, 4) is 11.3 Å². The van der Waals surface area contributed by atoms with Crippen molar-refractivity contribution < 1.29 is 14.3 Å². The summed E-state index contributed by atoms with van der Waals surface area (Å²) in [7, 11) is 0. The molecule has 0 aliphatic heterocycles. The summed E-state index contributed by atoms with van der Waals surface area (Å²) in [4.78, 5) is 28.3. The van der Waals surface area contributed by atoms with Crippen molar-refractivity contribution >= 4 is 22.7 Å². The summed E-state index contributed by atoms with van der Waals surface area (Å²) < 4.78 is 5.12. The molecule has 0 spiro atoms. The molecule has 3 aromatic rings. The summed E-state index contributed by atoms with van der Waals surface area (Å²) in [6.45, 7) is 5.22. The highest BCUT2D eigenvalue weighted by Gasteiger charge is 2.16. The largest absolute Gasteiger partial charge is 0.454 e. The van der Waals surface area contributed by atoms with E-state index >= 15 is 0 Å². The molecule has 0 fully saturated rings. The molecule has 0 atom stereocenters. The lowest BCUT2D eigenvalue weighted by atomic mass is 9.99. The number of fused-ring (bicyclic) bond motifs is 1. The molecule has 0 N–H and O–H groups in total. The third kappa shape index (κ3) is 3.58. The van der Waals surface area contributed by atoms with Crippen LogP contribution in [0.2, 0.25) is 0 Å². The van der Waals surface area contributed by atoms with Gasteiger partial charge in [-0.25, -0.2) is 9.78 Å². The van der Waals surface area contributed by atoms with E-state index in [2.05, 4.69) is 6.07 Å². The summed E-state index contributed by atoms with van der Waals surface area (Å²) in [6.07, 6.45) is 0. The molecule has 0 saturated heterocycles. The fraction of sp³-hybridized carbons (Fsp3) is 0.190. The number of hydrogen-bond donors (Lipinski definition) is 0. The van der Waals surface area contributed by atoms with Gasteiger partial charge in [0.15, 0.2) is 5.78 Å². The number of carbonyl (C=O) groups excluding carboxylic acids is 2. The highest BCUT2D eigenvalue weighted by Crippen LogP contribution is 2.28. The van der Waals surface area contributed by atoms with Crippen molar-refractivity contribution in [2.24, 2.45) is 0 Å². The maximum Gasteiger partial charge on any atom is 0.339 e. The average molecular weight is 333 g/mol. The minimum absolute atomic E-state index is 0.193. The quantitative estimate of drug-likeness (QED) is 0.669. The number of rotatable bonds is 4. The minimum Gasteiger partial charge on any atom is -0.454 e. The molecular formula is C21H19NO3. The van der Waals surface area contributed by atoms with Crippen LogP contribution in [0.1, 0.15) is 28.4 Å². The van der Waals surface area contributed by atoms with Crippen LogP contribution in [0.25, 0.3) is 22.2 Å². The van der Waals surface area contributed by atoms with E-state index in [0.29, 0.717) is 16.6 Å². The number of Topliss-reactive ketones (excluding diaryl/α,β-unsaturated/α-hetero) is 1. The molecule has 0 radical (unpaired) electrons. The first kappa shape index (κ1) is 16.8. The maximum atomic E-state index is 12.5. The topological polar surface area (TPSA) is 56.3 Å². The van der Waals surface area contributed by atoms with Gasteiger partial charge in [-0.2, -0.15) is 0 Å². The molecular weight excluding hydrogens is 314 g/mol. The van der Waals surface area contributed by atoms with Gasteiger partial charge >= 0.3 is 5.97 Å². The molecule has 0 aliphatic carbocycles. The summed E-state index contributed by atoms with van der Waals surface area (Å²) in [6, 6.07) is 15.3.